The Hall–Kier alpha value is -4.06. The number of aliphatic hydroxyl groups excluding tert-OH is 2. The van der Waals surface area contributed by atoms with E-state index in [4.69, 9.17) is 19.4 Å². The monoisotopic (exact) mass is 490 g/mol. The Morgan fingerprint density at radius 3 is 2.53 bits per heavy atom. The lowest BCUT2D eigenvalue weighted by molar-refractivity contribution is -0.137. The third kappa shape index (κ3) is 4.35. The maximum Gasteiger partial charge on any atom is 0.251 e. The summed E-state index contributed by atoms with van der Waals surface area (Å²) in [6, 6.07) is 17.2. The smallest absolute Gasteiger partial charge is 0.251 e. The molecule has 186 valence electrons. The summed E-state index contributed by atoms with van der Waals surface area (Å²) in [7, 11) is 3.03. The van der Waals surface area contributed by atoms with Crippen molar-refractivity contribution >= 4 is 22.9 Å². The van der Waals surface area contributed by atoms with Crippen molar-refractivity contribution in [2.75, 3.05) is 19.5 Å². The molecule has 4 aromatic rings. The van der Waals surface area contributed by atoms with Crippen molar-refractivity contribution in [3.63, 3.8) is 0 Å². The van der Waals surface area contributed by atoms with Crippen LogP contribution in [0.2, 0.25) is 0 Å². The van der Waals surface area contributed by atoms with E-state index >= 15 is 0 Å². The van der Waals surface area contributed by atoms with Gasteiger partial charge in [0.1, 0.15) is 18.0 Å². The Morgan fingerprint density at radius 1 is 1.08 bits per heavy atom. The van der Waals surface area contributed by atoms with E-state index in [2.05, 4.69) is 15.6 Å². The van der Waals surface area contributed by atoms with E-state index in [0.717, 1.165) is 11.1 Å². The first kappa shape index (κ1) is 23.7. The van der Waals surface area contributed by atoms with Crippen molar-refractivity contribution in [2.24, 2.45) is 0 Å². The van der Waals surface area contributed by atoms with E-state index < -0.39 is 30.4 Å². The zero-order chi connectivity index (χ0) is 25.2. The van der Waals surface area contributed by atoms with Crippen LogP contribution in [0.5, 0.6) is 5.75 Å². The minimum Gasteiger partial charge on any atom is -0.497 e. The fraction of sp³-hybridized carbons (Fsp3) is 0.280. The lowest BCUT2D eigenvalue weighted by Gasteiger charge is -2.17. The van der Waals surface area contributed by atoms with Crippen molar-refractivity contribution in [3.8, 4) is 17.1 Å². The second kappa shape index (κ2) is 9.90. The summed E-state index contributed by atoms with van der Waals surface area (Å²) in [6.07, 6.45) is -3.63. The summed E-state index contributed by atoms with van der Waals surface area (Å²) in [5.41, 5.74) is 2.63. The van der Waals surface area contributed by atoms with E-state index in [1.54, 1.807) is 7.11 Å². The summed E-state index contributed by atoms with van der Waals surface area (Å²) >= 11 is 0. The van der Waals surface area contributed by atoms with E-state index in [9.17, 15) is 15.0 Å². The number of anilines is 1. The van der Waals surface area contributed by atoms with Crippen molar-refractivity contribution in [2.45, 2.75) is 31.1 Å². The summed E-state index contributed by atoms with van der Waals surface area (Å²) in [4.78, 5) is 26.0. The Labute approximate surface area is 206 Å². The number of benzene rings is 2. The number of imidazole rings is 1. The van der Waals surface area contributed by atoms with Gasteiger partial charge in [0.15, 0.2) is 35.1 Å². The van der Waals surface area contributed by atoms with E-state index in [0.29, 0.717) is 35.1 Å². The number of carbonyl (C=O) groups is 1. The van der Waals surface area contributed by atoms with Crippen LogP contribution in [-0.2, 0) is 16.1 Å². The average Bonchev–Trinajstić information content (AvgIpc) is 3.48. The molecular weight excluding hydrogens is 464 g/mol. The molecule has 36 heavy (non-hydrogen) atoms. The van der Waals surface area contributed by atoms with Crippen molar-refractivity contribution in [1.82, 2.24) is 24.8 Å². The second-order valence-electron chi connectivity index (χ2n) is 8.33. The topological polar surface area (TPSA) is 144 Å². The molecule has 4 unspecified atom stereocenters. The van der Waals surface area contributed by atoms with Gasteiger partial charge in [0.25, 0.3) is 5.91 Å². The first-order valence-electron chi connectivity index (χ1n) is 11.4. The average molecular weight is 491 g/mol. The number of hydrogen-bond donors (Lipinski definition) is 4. The molecule has 1 aliphatic heterocycles. The van der Waals surface area contributed by atoms with Gasteiger partial charge in [-0.25, -0.2) is 15.0 Å². The van der Waals surface area contributed by atoms with Gasteiger partial charge in [-0.3, -0.25) is 9.36 Å². The first-order chi connectivity index (χ1) is 17.5. The van der Waals surface area contributed by atoms with Crippen molar-refractivity contribution in [3.05, 3.63) is 66.5 Å². The van der Waals surface area contributed by atoms with Gasteiger partial charge < -0.3 is 30.3 Å². The van der Waals surface area contributed by atoms with Gasteiger partial charge >= 0.3 is 0 Å². The summed E-state index contributed by atoms with van der Waals surface area (Å²) < 4.78 is 12.5. The van der Waals surface area contributed by atoms with Gasteiger partial charge in [-0.15, -0.1) is 0 Å². The highest BCUT2D eigenvalue weighted by molar-refractivity contribution is 5.85. The molecular formula is C25H26N6O5. The standard InChI is InChI=1S/C25H26N6O5/c1-26-24(34)20-18(32)19(33)25(36-20)31-13-28-17-22(27-12-14-6-4-3-5-7-14)29-21(30-23(17)31)15-8-10-16(35-2)11-9-15/h3-11,13,18-20,25,32-33H,12H2,1-2H3,(H,26,34)(H,27,29,30). The SMILES string of the molecule is CNC(=O)C1OC(n2cnc3c(NCc4ccccc4)nc(-c4ccc(OC)cc4)nc32)C(O)C1O. The van der Waals surface area contributed by atoms with Crippen LogP contribution in [0.25, 0.3) is 22.6 Å². The number of nitrogens with zero attached hydrogens (tertiary/aromatic N) is 4. The summed E-state index contributed by atoms with van der Waals surface area (Å²) in [5.74, 6) is 1.07. The summed E-state index contributed by atoms with van der Waals surface area (Å²) in [6.45, 7) is 0.502. The molecule has 1 aliphatic rings. The number of fused-ring (bicyclic) bond motifs is 1. The van der Waals surface area contributed by atoms with Crippen LogP contribution in [0.3, 0.4) is 0 Å². The normalized spacial score (nSPS) is 21.4. The van der Waals surface area contributed by atoms with Crippen LogP contribution in [0.4, 0.5) is 5.82 Å². The van der Waals surface area contributed by atoms with Gasteiger partial charge in [-0.1, -0.05) is 30.3 Å². The lowest BCUT2D eigenvalue weighted by Crippen LogP contribution is -2.41. The fourth-order valence-electron chi connectivity index (χ4n) is 4.13. The Balaban J connectivity index is 1.57. The minimum atomic E-state index is -1.41. The van der Waals surface area contributed by atoms with E-state index in [-0.39, 0.29) is 0 Å². The Morgan fingerprint density at radius 2 is 1.83 bits per heavy atom. The van der Waals surface area contributed by atoms with Gasteiger partial charge in [0.05, 0.1) is 13.4 Å². The lowest BCUT2D eigenvalue weighted by atomic mass is 10.1. The molecule has 1 fully saturated rings. The molecule has 3 heterocycles. The van der Waals surface area contributed by atoms with Crippen molar-refractivity contribution in [1.29, 1.82) is 0 Å². The number of rotatable bonds is 7. The molecule has 11 heteroatoms. The van der Waals surface area contributed by atoms with E-state index in [1.807, 2.05) is 54.6 Å². The summed E-state index contributed by atoms with van der Waals surface area (Å²) in [5, 5.41) is 26.9. The number of likely N-dealkylation sites (N-methyl/N-ethyl adjacent to an activating group) is 1. The molecule has 2 aromatic heterocycles. The number of hydrogen-bond acceptors (Lipinski definition) is 9. The number of aliphatic hydroxyl groups is 2. The highest BCUT2D eigenvalue weighted by Crippen LogP contribution is 2.34. The van der Waals surface area contributed by atoms with Crippen LogP contribution in [0.15, 0.2) is 60.9 Å². The van der Waals surface area contributed by atoms with E-state index in [1.165, 1.54) is 17.9 Å². The van der Waals surface area contributed by atoms with Crippen LogP contribution < -0.4 is 15.4 Å². The quantitative estimate of drug-likeness (QED) is 0.303. The second-order valence-corrected chi connectivity index (χ2v) is 8.33. The van der Waals surface area contributed by atoms with Crippen molar-refractivity contribution < 1.29 is 24.5 Å². The molecule has 0 aliphatic carbocycles. The molecule has 5 rings (SSSR count). The minimum absolute atomic E-state index is 0.375. The third-order valence-electron chi connectivity index (χ3n) is 6.09. The number of amides is 1. The zero-order valence-electron chi connectivity index (χ0n) is 19.7. The highest BCUT2D eigenvalue weighted by Gasteiger charge is 2.47. The van der Waals surface area contributed by atoms with Gasteiger partial charge in [-0.2, -0.15) is 0 Å². The molecule has 4 atom stereocenters. The molecule has 1 saturated heterocycles. The van der Waals surface area contributed by atoms with Crippen LogP contribution in [0.1, 0.15) is 11.8 Å². The van der Waals surface area contributed by atoms with Crippen LogP contribution >= 0.6 is 0 Å². The largest absolute Gasteiger partial charge is 0.497 e. The third-order valence-corrected chi connectivity index (χ3v) is 6.09. The first-order valence-corrected chi connectivity index (χ1v) is 11.4. The maximum atomic E-state index is 12.1. The fourth-order valence-corrected chi connectivity index (χ4v) is 4.13. The predicted octanol–water partition coefficient (Wildman–Crippen LogP) is 1.48. The molecule has 0 bridgehead atoms. The van der Waals surface area contributed by atoms with Crippen LogP contribution in [0, 0.1) is 0 Å². The Kier molecular flexibility index (Phi) is 6.51. The zero-order valence-corrected chi connectivity index (χ0v) is 19.7. The van der Waals surface area contributed by atoms with Crippen LogP contribution in [-0.4, -0.2) is 68.1 Å². The molecule has 0 radical (unpaired) electrons. The number of ether oxygens (including phenoxy) is 2. The molecule has 1 amide bonds. The molecule has 11 nitrogen and oxygen atoms in total. The maximum absolute atomic E-state index is 12.1. The van der Waals surface area contributed by atoms with Gasteiger partial charge in [-0.05, 0) is 29.8 Å². The number of methoxy groups -OCH3 is 1. The number of carbonyl (C=O) groups excluding carboxylic acids is 1. The van der Waals surface area contributed by atoms with Gasteiger partial charge in [0.2, 0.25) is 0 Å². The number of nitrogens with one attached hydrogen (secondary N) is 2. The predicted molar refractivity (Wildman–Crippen MR) is 131 cm³/mol. The molecule has 0 spiro atoms. The van der Waals surface area contributed by atoms with Gasteiger partial charge in [0, 0.05) is 19.2 Å². The Bertz CT molecular complexity index is 1360. The molecule has 2 aromatic carbocycles. The number of aromatic nitrogens is 4. The molecule has 4 N–H and O–H groups in total. The molecule has 0 saturated carbocycles. The highest BCUT2D eigenvalue weighted by atomic mass is 16.6.